The number of rotatable bonds is 4. The van der Waals surface area contributed by atoms with E-state index in [-0.39, 0.29) is 11.3 Å². The van der Waals surface area contributed by atoms with Crippen LogP contribution in [-0.4, -0.2) is 24.2 Å². The standard InChI is InChI=1S/C14H16N2O3S/c1-3-12-5-6-13(8-15-12)16-9-11(4-7-14(16)17)10-20(2,18)19/h4-9H,3,10H2,1-2H3. The predicted octanol–water partition coefficient (Wildman–Crippen LogP) is 1.34. The zero-order valence-electron chi connectivity index (χ0n) is 11.4. The second-order valence-corrected chi connectivity index (χ2v) is 6.82. The highest BCUT2D eigenvalue weighted by atomic mass is 32.2. The van der Waals surface area contributed by atoms with E-state index < -0.39 is 9.84 Å². The monoisotopic (exact) mass is 292 g/mol. The molecule has 0 radical (unpaired) electrons. The molecule has 0 unspecified atom stereocenters. The molecule has 106 valence electrons. The van der Waals surface area contributed by atoms with Gasteiger partial charge in [-0.15, -0.1) is 0 Å². The summed E-state index contributed by atoms with van der Waals surface area (Å²) in [7, 11) is -3.13. The summed E-state index contributed by atoms with van der Waals surface area (Å²) >= 11 is 0. The van der Waals surface area contributed by atoms with Crippen molar-refractivity contribution in [2.75, 3.05) is 6.26 Å². The molecule has 0 saturated heterocycles. The Labute approximate surface area is 117 Å². The molecule has 0 N–H and O–H groups in total. The number of aromatic nitrogens is 2. The molecular formula is C14H16N2O3S. The Hall–Kier alpha value is -1.95. The van der Waals surface area contributed by atoms with Gasteiger partial charge in [0.1, 0.15) is 0 Å². The third kappa shape index (κ3) is 3.54. The zero-order valence-corrected chi connectivity index (χ0v) is 12.2. The van der Waals surface area contributed by atoms with Gasteiger partial charge in [-0.3, -0.25) is 14.3 Å². The van der Waals surface area contributed by atoms with Gasteiger partial charge >= 0.3 is 0 Å². The van der Waals surface area contributed by atoms with Crippen LogP contribution in [0, 0.1) is 0 Å². The highest BCUT2D eigenvalue weighted by molar-refractivity contribution is 7.89. The summed E-state index contributed by atoms with van der Waals surface area (Å²) in [4.78, 5) is 16.1. The van der Waals surface area contributed by atoms with Gasteiger partial charge in [-0.2, -0.15) is 0 Å². The summed E-state index contributed by atoms with van der Waals surface area (Å²) in [6.45, 7) is 2.00. The maximum absolute atomic E-state index is 11.9. The second kappa shape index (κ2) is 5.58. The quantitative estimate of drug-likeness (QED) is 0.852. The Balaban J connectivity index is 2.44. The lowest BCUT2D eigenvalue weighted by molar-refractivity contribution is 0.601. The van der Waals surface area contributed by atoms with Crippen LogP contribution in [0.2, 0.25) is 0 Å². The van der Waals surface area contributed by atoms with Crippen LogP contribution in [0.5, 0.6) is 0 Å². The zero-order chi connectivity index (χ0) is 14.8. The SMILES string of the molecule is CCc1ccc(-n2cc(CS(C)(=O)=O)ccc2=O)cn1. The summed E-state index contributed by atoms with van der Waals surface area (Å²) in [6, 6.07) is 6.56. The van der Waals surface area contributed by atoms with E-state index in [9.17, 15) is 13.2 Å². The van der Waals surface area contributed by atoms with E-state index in [1.807, 2.05) is 13.0 Å². The summed E-state index contributed by atoms with van der Waals surface area (Å²) in [5, 5.41) is 0. The highest BCUT2D eigenvalue weighted by Gasteiger charge is 2.07. The smallest absolute Gasteiger partial charge is 0.255 e. The van der Waals surface area contributed by atoms with Gasteiger partial charge in [0.2, 0.25) is 0 Å². The van der Waals surface area contributed by atoms with Crippen molar-refractivity contribution >= 4 is 9.84 Å². The van der Waals surface area contributed by atoms with E-state index in [2.05, 4.69) is 4.98 Å². The lowest BCUT2D eigenvalue weighted by atomic mass is 10.2. The van der Waals surface area contributed by atoms with Crippen molar-refractivity contribution in [3.63, 3.8) is 0 Å². The first kappa shape index (κ1) is 14.5. The molecule has 0 saturated carbocycles. The topological polar surface area (TPSA) is 69.0 Å². The summed E-state index contributed by atoms with van der Waals surface area (Å²) in [5.74, 6) is -0.0895. The van der Waals surface area contributed by atoms with Crippen LogP contribution in [0.15, 0.2) is 41.5 Å². The van der Waals surface area contributed by atoms with E-state index >= 15 is 0 Å². The van der Waals surface area contributed by atoms with E-state index in [4.69, 9.17) is 0 Å². The maximum Gasteiger partial charge on any atom is 0.255 e. The Bertz CT molecular complexity index is 762. The second-order valence-electron chi connectivity index (χ2n) is 4.68. The van der Waals surface area contributed by atoms with Gasteiger partial charge in [0.05, 0.1) is 17.6 Å². The highest BCUT2D eigenvalue weighted by Crippen LogP contribution is 2.08. The molecule has 20 heavy (non-hydrogen) atoms. The Morgan fingerprint density at radius 3 is 2.50 bits per heavy atom. The van der Waals surface area contributed by atoms with Crippen molar-refractivity contribution in [1.82, 2.24) is 9.55 Å². The largest absolute Gasteiger partial charge is 0.282 e. The van der Waals surface area contributed by atoms with Gasteiger partial charge in [0.25, 0.3) is 5.56 Å². The molecule has 0 amide bonds. The first-order valence-electron chi connectivity index (χ1n) is 6.23. The minimum atomic E-state index is -3.13. The lowest BCUT2D eigenvalue weighted by Crippen LogP contribution is -2.18. The number of hydrogen-bond donors (Lipinski definition) is 0. The van der Waals surface area contributed by atoms with Gasteiger partial charge < -0.3 is 0 Å². The summed E-state index contributed by atoms with van der Waals surface area (Å²) < 4.78 is 24.0. The number of hydrogen-bond acceptors (Lipinski definition) is 4. The fourth-order valence-electron chi connectivity index (χ4n) is 1.89. The number of sulfone groups is 1. The average molecular weight is 292 g/mol. The van der Waals surface area contributed by atoms with E-state index in [1.54, 1.807) is 18.5 Å². The molecule has 0 atom stereocenters. The third-order valence-electron chi connectivity index (χ3n) is 2.85. The Morgan fingerprint density at radius 1 is 1.20 bits per heavy atom. The summed E-state index contributed by atoms with van der Waals surface area (Å²) in [5.41, 5.74) is 1.93. The fraction of sp³-hybridized carbons (Fsp3) is 0.286. The normalized spacial score (nSPS) is 11.5. The van der Waals surface area contributed by atoms with E-state index in [0.29, 0.717) is 11.3 Å². The molecule has 0 aliphatic heterocycles. The van der Waals surface area contributed by atoms with Crippen LogP contribution >= 0.6 is 0 Å². The van der Waals surface area contributed by atoms with Crippen molar-refractivity contribution in [3.8, 4) is 5.69 Å². The molecule has 2 heterocycles. The van der Waals surface area contributed by atoms with Crippen LogP contribution in [-0.2, 0) is 22.0 Å². The third-order valence-corrected chi connectivity index (χ3v) is 3.71. The van der Waals surface area contributed by atoms with Crippen molar-refractivity contribution < 1.29 is 8.42 Å². The average Bonchev–Trinajstić information content (AvgIpc) is 2.40. The van der Waals surface area contributed by atoms with E-state index in [1.165, 1.54) is 23.0 Å². The maximum atomic E-state index is 11.9. The van der Waals surface area contributed by atoms with Crippen LogP contribution in [0.3, 0.4) is 0 Å². The van der Waals surface area contributed by atoms with Gasteiger partial charge in [-0.05, 0) is 24.1 Å². The van der Waals surface area contributed by atoms with Crippen LogP contribution in [0.4, 0.5) is 0 Å². The van der Waals surface area contributed by atoms with Gasteiger partial charge in [-0.1, -0.05) is 13.0 Å². The molecule has 0 aliphatic carbocycles. The molecule has 0 aliphatic rings. The Kier molecular flexibility index (Phi) is 4.04. The van der Waals surface area contributed by atoms with Crippen LogP contribution in [0.1, 0.15) is 18.2 Å². The number of aryl methyl sites for hydroxylation is 1. The van der Waals surface area contributed by atoms with Crippen molar-refractivity contribution in [3.05, 3.63) is 58.3 Å². The van der Waals surface area contributed by atoms with E-state index in [0.717, 1.165) is 12.1 Å². The molecule has 2 rings (SSSR count). The van der Waals surface area contributed by atoms with Crippen LogP contribution < -0.4 is 5.56 Å². The lowest BCUT2D eigenvalue weighted by Gasteiger charge is -2.08. The van der Waals surface area contributed by atoms with Crippen molar-refractivity contribution in [2.24, 2.45) is 0 Å². The molecule has 0 bridgehead atoms. The Morgan fingerprint density at radius 2 is 1.95 bits per heavy atom. The molecule has 2 aromatic rings. The van der Waals surface area contributed by atoms with Crippen molar-refractivity contribution in [2.45, 2.75) is 19.1 Å². The molecule has 6 heteroatoms. The molecule has 0 spiro atoms. The minimum absolute atomic E-state index is 0.0895. The first-order valence-corrected chi connectivity index (χ1v) is 8.30. The molecule has 0 aromatic carbocycles. The van der Waals surface area contributed by atoms with Gasteiger partial charge in [0, 0.05) is 24.2 Å². The van der Waals surface area contributed by atoms with Crippen molar-refractivity contribution in [1.29, 1.82) is 0 Å². The number of nitrogens with zero attached hydrogens (tertiary/aromatic N) is 2. The summed E-state index contributed by atoms with van der Waals surface area (Å²) in [6.07, 6.45) is 5.15. The molecular weight excluding hydrogens is 276 g/mol. The fourth-order valence-corrected chi connectivity index (χ4v) is 2.67. The predicted molar refractivity (Wildman–Crippen MR) is 77.8 cm³/mol. The van der Waals surface area contributed by atoms with Crippen LogP contribution in [0.25, 0.3) is 5.69 Å². The molecule has 0 fully saturated rings. The van der Waals surface area contributed by atoms with Gasteiger partial charge in [-0.25, -0.2) is 8.42 Å². The molecule has 5 nitrogen and oxygen atoms in total. The van der Waals surface area contributed by atoms with Gasteiger partial charge in [0.15, 0.2) is 9.84 Å². The molecule has 2 aromatic heterocycles. The number of pyridine rings is 2. The first-order chi connectivity index (χ1) is 9.39. The minimum Gasteiger partial charge on any atom is -0.282 e.